The zero-order valence-electron chi connectivity index (χ0n) is 17.5. The number of carbonyl (C=O) groups is 2. The summed E-state index contributed by atoms with van der Waals surface area (Å²) in [6.45, 7) is 12.5. The third-order valence-corrected chi connectivity index (χ3v) is 4.86. The first-order valence-electron chi connectivity index (χ1n) is 9.70. The molecule has 4 heteroatoms. The van der Waals surface area contributed by atoms with Gasteiger partial charge >= 0.3 is 0 Å². The lowest BCUT2D eigenvalue weighted by Gasteiger charge is -2.17. The maximum Gasteiger partial charge on any atom is 0.278 e. The molecule has 2 aromatic carbocycles. The fraction of sp³-hybridized carbons (Fsp3) is 0.333. The van der Waals surface area contributed by atoms with Gasteiger partial charge in [0.05, 0.1) is 5.57 Å². The van der Waals surface area contributed by atoms with Crippen LogP contribution in [0.25, 0.3) is 5.57 Å². The monoisotopic (exact) mass is 376 g/mol. The second-order valence-electron chi connectivity index (χ2n) is 8.18. The smallest absolute Gasteiger partial charge is 0.278 e. The highest BCUT2D eigenvalue weighted by molar-refractivity contribution is 6.36. The highest BCUT2D eigenvalue weighted by Gasteiger charge is 2.39. The number of hydrogen-bond donors (Lipinski definition) is 1. The molecule has 1 N–H and O–H groups in total. The molecule has 0 radical (unpaired) electrons. The summed E-state index contributed by atoms with van der Waals surface area (Å²) in [7, 11) is 0. The predicted molar refractivity (Wildman–Crippen MR) is 114 cm³/mol. The quantitative estimate of drug-likeness (QED) is 0.765. The van der Waals surface area contributed by atoms with Crippen LogP contribution in [0, 0.1) is 33.6 Å². The number of benzene rings is 2. The van der Waals surface area contributed by atoms with Gasteiger partial charge in [0.15, 0.2) is 0 Å². The number of anilines is 1. The van der Waals surface area contributed by atoms with Crippen LogP contribution in [0.3, 0.4) is 0 Å². The van der Waals surface area contributed by atoms with Gasteiger partial charge in [-0.25, -0.2) is 0 Å². The van der Waals surface area contributed by atoms with E-state index < -0.39 is 0 Å². The van der Waals surface area contributed by atoms with Crippen LogP contribution in [0.5, 0.6) is 0 Å². The van der Waals surface area contributed by atoms with E-state index in [0.717, 1.165) is 33.5 Å². The lowest BCUT2D eigenvalue weighted by molar-refractivity contribution is -0.137. The molecule has 0 aliphatic carbocycles. The molecule has 0 saturated carbocycles. The van der Waals surface area contributed by atoms with Gasteiger partial charge in [0.2, 0.25) is 0 Å². The van der Waals surface area contributed by atoms with E-state index in [2.05, 4.69) is 11.4 Å². The maximum atomic E-state index is 13.2. The van der Waals surface area contributed by atoms with Crippen LogP contribution in [-0.4, -0.2) is 23.3 Å². The molecule has 1 aliphatic heterocycles. The van der Waals surface area contributed by atoms with Crippen molar-refractivity contribution in [3.05, 3.63) is 69.9 Å². The van der Waals surface area contributed by atoms with Crippen molar-refractivity contribution in [3.8, 4) is 0 Å². The number of imide groups is 1. The van der Waals surface area contributed by atoms with Crippen LogP contribution < -0.4 is 5.32 Å². The Kier molecular flexibility index (Phi) is 5.41. The Bertz CT molecular complexity index is 966. The van der Waals surface area contributed by atoms with Crippen molar-refractivity contribution < 1.29 is 9.59 Å². The molecular weight excluding hydrogens is 348 g/mol. The van der Waals surface area contributed by atoms with Crippen LogP contribution in [0.15, 0.2) is 42.1 Å². The largest absolute Gasteiger partial charge is 0.350 e. The number of rotatable bonds is 5. The van der Waals surface area contributed by atoms with Crippen molar-refractivity contribution in [2.75, 3.05) is 11.9 Å². The van der Waals surface area contributed by atoms with Gasteiger partial charge in [-0.15, -0.1) is 0 Å². The number of aryl methyl sites for hydroxylation is 4. The fourth-order valence-electron chi connectivity index (χ4n) is 3.76. The van der Waals surface area contributed by atoms with Crippen LogP contribution in [0.4, 0.5) is 5.69 Å². The average Bonchev–Trinajstić information content (AvgIpc) is 2.79. The van der Waals surface area contributed by atoms with Gasteiger partial charge in [-0.05, 0) is 68.0 Å². The Morgan fingerprint density at radius 3 is 2.07 bits per heavy atom. The Morgan fingerprint density at radius 2 is 1.50 bits per heavy atom. The molecule has 0 spiro atoms. The van der Waals surface area contributed by atoms with Crippen molar-refractivity contribution >= 4 is 23.1 Å². The Labute approximate surface area is 167 Å². The van der Waals surface area contributed by atoms with E-state index in [1.807, 2.05) is 71.9 Å². The van der Waals surface area contributed by atoms with Crippen molar-refractivity contribution in [1.82, 2.24) is 4.90 Å². The van der Waals surface area contributed by atoms with Gasteiger partial charge in [0.25, 0.3) is 11.8 Å². The molecule has 1 aliphatic rings. The average molecular weight is 377 g/mol. The summed E-state index contributed by atoms with van der Waals surface area (Å²) >= 11 is 0. The zero-order chi connectivity index (χ0) is 20.6. The minimum Gasteiger partial charge on any atom is -0.350 e. The number of amides is 2. The summed E-state index contributed by atoms with van der Waals surface area (Å²) in [5.74, 6) is -0.279. The third-order valence-electron chi connectivity index (χ3n) is 4.86. The maximum absolute atomic E-state index is 13.2. The molecule has 28 heavy (non-hydrogen) atoms. The van der Waals surface area contributed by atoms with E-state index in [4.69, 9.17) is 0 Å². The molecule has 0 saturated heterocycles. The normalized spacial score (nSPS) is 14.5. The molecule has 0 aromatic heterocycles. The Hall–Kier alpha value is -2.88. The molecular formula is C24H28N2O2. The molecule has 4 nitrogen and oxygen atoms in total. The van der Waals surface area contributed by atoms with Gasteiger partial charge in [-0.2, -0.15) is 0 Å². The van der Waals surface area contributed by atoms with Gasteiger partial charge < -0.3 is 5.32 Å². The van der Waals surface area contributed by atoms with Gasteiger partial charge in [0.1, 0.15) is 5.70 Å². The number of hydrogen-bond acceptors (Lipinski definition) is 3. The summed E-state index contributed by atoms with van der Waals surface area (Å²) < 4.78 is 0. The van der Waals surface area contributed by atoms with Crippen LogP contribution in [-0.2, 0) is 9.59 Å². The SMILES string of the molecule is Cc1cc(C)cc(NC2=C(c3ccc(C)cc3C)C(=O)N(CC(C)C)C2=O)c1. The van der Waals surface area contributed by atoms with E-state index in [-0.39, 0.29) is 17.7 Å². The molecule has 3 rings (SSSR count). The van der Waals surface area contributed by atoms with Crippen LogP contribution >= 0.6 is 0 Å². The number of nitrogens with zero attached hydrogens (tertiary/aromatic N) is 1. The minimum atomic E-state index is -0.257. The molecule has 0 atom stereocenters. The first-order chi connectivity index (χ1) is 13.2. The second-order valence-corrected chi connectivity index (χ2v) is 8.18. The number of carbonyl (C=O) groups excluding carboxylic acids is 2. The first-order valence-corrected chi connectivity index (χ1v) is 9.70. The standard InChI is InChI=1S/C24H28N2O2/c1-14(2)13-26-23(27)21(20-8-7-15(3)10-18(20)6)22(24(26)28)25-19-11-16(4)9-17(5)12-19/h7-12,14,25H,13H2,1-6H3. The molecule has 0 unspecified atom stereocenters. The van der Waals surface area contributed by atoms with Gasteiger partial charge in [-0.1, -0.05) is 43.7 Å². The molecule has 2 aromatic rings. The molecule has 0 bridgehead atoms. The lowest BCUT2D eigenvalue weighted by atomic mass is 9.97. The van der Waals surface area contributed by atoms with Crippen LogP contribution in [0.1, 0.15) is 41.7 Å². The van der Waals surface area contributed by atoms with Crippen molar-refractivity contribution in [1.29, 1.82) is 0 Å². The zero-order valence-corrected chi connectivity index (χ0v) is 17.5. The summed E-state index contributed by atoms with van der Waals surface area (Å²) in [6.07, 6.45) is 0. The Morgan fingerprint density at radius 1 is 0.857 bits per heavy atom. The first kappa shape index (κ1) is 19.9. The van der Waals surface area contributed by atoms with Crippen molar-refractivity contribution in [2.45, 2.75) is 41.5 Å². The highest BCUT2D eigenvalue weighted by Crippen LogP contribution is 2.33. The summed E-state index contributed by atoms with van der Waals surface area (Å²) in [4.78, 5) is 27.8. The molecule has 0 fully saturated rings. The summed E-state index contributed by atoms with van der Waals surface area (Å²) in [5, 5.41) is 3.26. The van der Waals surface area contributed by atoms with Crippen molar-refractivity contribution in [2.24, 2.45) is 5.92 Å². The van der Waals surface area contributed by atoms with Crippen molar-refractivity contribution in [3.63, 3.8) is 0 Å². The third kappa shape index (κ3) is 3.86. The van der Waals surface area contributed by atoms with E-state index in [1.165, 1.54) is 4.90 Å². The van der Waals surface area contributed by atoms with Gasteiger partial charge in [0, 0.05) is 12.2 Å². The molecule has 1 heterocycles. The minimum absolute atomic E-state index is 0.203. The van der Waals surface area contributed by atoms with E-state index in [0.29, 0.717) is 17.8 Å². The Balaban J connectivity index is 2.13. The molecule has 2 amide bonds. The van der Waals surface area contributed by atoms with Gasteiger partial charge in [-0.3, -0.25) is 14.5 Å². The van der Waals surface area contributed by atoms with E-state index >= 15 is 0 Å². The second kappa shape index (κ2) is 7.63. The van der Waals surface area contributed by atoms with Crippen LogP contribution in [0.2, 0.25) is 0 Å². The predicted octanol–water partition coefficient (Wildman–Crippen LogP) is 4.77. The lowest BCUT2D eigenvalue weighted by Crippen LogP contribution is -2.35. The highest BCUT2D eigenvalue weighted by atomic mass is 16.2. The van der Waals surface area contributed by atoms with E-state index in [1.54, 1.807) is 0 Å². The summed E-state index contributed by atoms with van der Waals surface area (Å²) in [6, 6.07) is 12.0. The summed E-state index contributed by atoms with van der Waals surface area (Å²) in [5.41, 5.74) is 6.78. The van der Waals surface area contributed by atoms with E-state index in [9.17, 15) is 9.59 Å². The fourth-order valence-corrected chi connectivity index (χ4v) is 3.76. The molecule has 146 valence electrons. The number of nitrogens with one attached hydrogen (secondary N) is 1. The topological polar surface area (TPSA) is 49.4 Å².